The highest BCUT2D eigenvalue weighted by Crippen LogP contribution is 2.35. The molecule has 3 aromatic rings. The molecule has 0 fully saturated rings. The summed E-state index contributed by atoms with van der Waals surface area (Å²) in [5.41, 5.74) is 5.86. The second kappa shape index (κ2) is 7.04. The standard InChI is InChI=1S/C21H22N2O3/c1-12-18(14(3)24)13(2)23-20(12)19(17-9-6-10-22-17)15-7-5-8-16(11-15)21(25)26-4/h5-11,19,22-23H,1-4H3. The fraction of sp³-hybridized carbons (Fsp3) is 0.238. The number of H-pyrrole nitrogens is 2. The Balaban J connectivity index is 2.19. The fourth-order valence-corrected chi connectivity index (χ4v) is 3.58. The van der Waals surface area contributed by atoms with Crippen molar-refractivity contribution < 1.29 is 14.3 Å². The molecule has 3 rings (SSSR count). The van der Waals surface area contributed by atoms with Gasteiger partial charge in [-0.25, -0.2) is 4.79 Å². The highest BCUT2D eigenvalue weighted by Gasteiger charge is 2.25. The second-order valence-corrected chi connectivity index (χ2v) is 6.40. The lowest BCUT2D eigenvalue weighted by atomic mass is 9.88. The summed E-state index contributed by atoms with van der Waals surface area (Å²) in [6, 6.07) is 11.3. The van der Waals surface area contributed by atoms with Crippen molar-refractivity contribution >= 4 is 11.8 Å². The number of rotatable bonds is 5. The number of hydrogen-bond donors (Lipinski definition) is 2. The van der Waals surface area contributed by atoms with Crippen LogP contribution in [0.25, 0.3) is 0 Å². The Hall–Kier alpha value is -3.08. The fourth-order valence-electron chi connectivity index (χ4n) is 3.58. The van der Waals surface area contributed by atoms with Crippen LogP contribution in [-0.4, -0.2) is 28.8 Å². The summed E-state index contributed by atoms with van der Waals surface area (Å²) in [6.07, 6.45) is 1.86. The molecule has 2 N–H and O–H groups in total. The Morgan fingerprint density at radius 3 is 2.46 bits per heavy atom. The number of nitrogens with one attached hydrogen (secondary N) is 2. The Bertz CT molecular complexity index is 952. The number of methoxy groups -OCH3 is 1. The van der Waals surface area contributed by atoms with Crippen molar-refractivity contribution in [3.63, 3.8) is 0 Å². The van der Waals surface area contributed by atoms with Crippen molar-refractivity contribution in [1.82, 2.24) is 9.97 Å². The monoisotopic (exact) mass is 350 g/mol. The molecule has 0 aliphatic rings. The summed E-state index contributed by atoms with van der Waals surface area (Å²) in [5.74, 6) is -0.488. The molecule has 1 atom stereocenters. The van der Waals surface area contributed by atoms with Crippen LogP contribution in [0, 0.1) is 13.8 Å². The van der Waals surface area contributed by atoms with Crippen LogP contribution in [-0.2, 0) is 4.74 Å². The average Bonchev–Trinajstić information content (AvgIpc) is 3.23. The zero-order chi connectivity index (χ0) is 18.8. The molecular weight excluding hydrogens is 328 g/mol. The van der Waals surface area contributed by atoms with Gasteiger partial charge in [0.1, 0.15) is 0 Å². The Morgan fingerprint density at radius 1 is 1.12 bits per heavy atom. The van der Waals surface area contributed by atoms with E-state index in [2.05, 4.69) is 9.97 Å². The van der Waals surface area contributed by atoms with Gasteiger partial charge in [0.2, 0.25) is 0 Å². The van der Waals surface area contributed by atoms with E-state index >= 15 is 0 Å². The lowest BCUT2D eigenvalue weighted by molar-refractivity contribution is 0.0600. The van der Waals surface area contributed by atoms with E-state index in [1.807, 2.05) is 50.4 Å². The number of carbonyl (C=O) groups is 2. The first-order valence-electron chi connectivity index (χ1n) is 8.45. The summed E-state index contributed by atoms with van der Waals surface area (Å²) < 4.78 is 4.85. The number of esters is 1. The summed E-state index contributed by atoms with van der Waals surface area (Å²) >= 11 is 0. The molecule has 0 amide bonds. The lowest BCUT2D eigenvalue weighted by Gasteiger charge is -2.18. The zero-order valence-electron chi connectivity index (χ0n) is 15.3. The first-order chi connectivity index (χ1) is 12.4. The van der Waals surface area contributed by atoms with Crippen LogP contribution in [0.15, 0.2) is 42.6 Å². The number of Topliss-reactive ketones (excluding diaryl/α,β-unsaturated/α-hetero) is 1. The molecule has 5 heteroatoms. The second-order valence-electron chi connectivity index (χ2n) is 6.40. The molecule has 134 valence electrons. The maximum absolute atomic E-state index is 12.0. The number of aryl methyl sites for hydroxylation is 1. The van der Waals surface area contributed by atoms with Crippen LogP contribution < -0.4 is 0 Å². The van der Waals surface area contributed by atoms with Gasteiger partial charge in [0.25, 0.3) is 0 Å². The summed E-state index contributed by atoms with van der Waals surface area (Å²) in [7, 11) is 1.37. The minimum Gasteiger partial charge on any atom is -0.465 e. The Morgan fingerprint density at radius 2 is 1.88 bits per heavy atom. The largest absolute Gasteiger partial charge is 0.465 e. The molecular formula is C21H22N2O3. The number of ether oxygens (including phenoxy) is 1. The van der Waals surface area contributed by atoms with E-state index < -0.39 is 0 Å². The molecule has 0 aliphatic heterocycles. The van der Waals surface area contributed by atoms with E-state index in [1.165, 1.54) is 7.11 Å². The van der Waals surface area contributed by atoms with E-state index in [0.717, 1.165) is 33.8 Å². The van der Waals surface area contributed by atoms with Gasteiger partial charge in [0, 0.05) is 28.8 Å². The number of aromatic amines is 2. The smallest absolute Gasteiger partial charge is 0.337 e. The first kappa shape index (κ1) is 17.7. The van der Waals surface area contributed by atoms with Gasteiger partial charge in [-0.05, 0) is 56.2 Å². The van der Waals surface area contributed by atoms with Gasteiger partial charge >= 0.3 is 5.97 Å². The highest BCUT2D eigenvalue weighted by molar-refractivity contribution is 5.97. The quantitative estimate of drug-likeness (QED) is 0.537. The first-order valence-corrected chi connectivity index (χ1v) is 8.45. The minimum absolute atomic E-state index is 0.0380. The number of benzene rings is 1. The number of carbonyl (C=O) groups excluding carboxylic acids is 2. The maximum Gasteiger partial charge on any atom is 0.337 e. The average molecular weight is 350 g/mol. The number of ketones is 1. The van der Waals surface area contributed by atoms with Crippen LogP contribution in [0.3, 0.4) is 0 Å². The third-order valence-corrected chi connectivity index (χ3v) is 4.69. The molecule has 0 aliphatic carbocycles. The van der Waals surface area contributed by atoms with Gasteiger partial charge in [-0.1, -0.05) is 12.1 Å². The van der Waals surface area contributed by atoms with E-state index in [4.69, 9.17) is 4.74 Å². The summed E-state index contributed by atoms with van der Waals surface area (Å²) in [5, 5.41) is 0. The van der Waals surface area contributed by atoms with Crippen molar-refractivity contribution in [3.8, 4) is 0 Å². The van der Waals surface area contributed by atoms with Gasteiger partial charge < -0.3 is 14.7 Å². The molecule has 5 nitrogen and oxygen atoms in total. The molecule has 0 spiro atoms. The van der Waals surface area contributed by atoms with Gasteiger partial charge in [0.05, 0.1) is 18.6 Å². The molecule has 0 bridgehead atoms. The molecule has 0 saturated heterocycles. The predicted molar refractivity (Wildman–Crippen MR) is 99.8 cm³/mol. The van der Waals surface area contributed by atoms with Crippen molar-refractivity contribution in [2.45, 2.75) is 26.7 Å². The Kier molecular flexibility index (Phi) is 4.80. The van der Waals surface area contributed by atoms with Gasteiger partial charge in [-0.15, -0.1) is 0 Å². The topological polar surface area (TPSA) is 75.0 Å². The van der Waals surface area contributed by atoms with Crippen LogP contribution in [0.4, 0.5) is 0 Å². The van der Waals surface area contributed by atoms with Gasteiger partial charge in [-0.3, -0.25) is 4.79 Å². The maximum atomic E-state index is 12.0. The van der Waals surface area contributed by atoms with E-state index in [1.54, 1.807) is 13.0 Å². The highest BCUT2D eigenvalue weighted by atomic mass is 16.5. The SMILES string of the molecule is COC(=O)c1cccc(C(c2ccc[nH]2)c2[nH]c(C)c(C(C)=O)c2C)c1. The molecule has 2 aromatic heterocycles. The van der Waals surface area contributed by atoms with Crippen molar-refractivity contribution in [1.29, 1.82) is 0 Å². The van der Waals surface area contributed by atoms with Crippen LogP contribution >= 0.6 is 0 Å². The zero-order valence-corrected chi connectivity index (χ0v) is 15.3. The van der Waals surface area contributed by atoms with Crippen molar-refractivity contribution in [2.75, 3.05) is 7.11 Å². The summed E-state index contributed by atoms with van der Waals surface area (Å²) in [4.78, 5) is 30.6. The number of hydrogen-bond acceptors (Lipinski definition) is 3. The summed E-state index contributed by atoms with van der Waals surface area (Å²) in [6.45, 7) is 5.44. The lowest BCUT2D eigenvalue weighted by Crippen LogP contribution is -2.09. The van der Waals surface area contributed by atoms with Crippen LogP contribution in [0.5, 0.6) is 0 Å². The molecule has 2 heterocycles. The van der Waals surface area contributed by atoms with Crippen LogP contribution in [0.1, 0.15) is 61.8 Å². The molecule has 26 heavy (non-hydrogen) atoms. The van der Waals surface area contributed by atoms with Crippen molar-refractivity contribution in [2.24, 2.45) is 0 Å². The molecule has 0 saturated carbocycles. The van der Waals surface area contributed by atoms with E-state index in [-0.39, 0.29) is 17.7 Å². The third kappa shape index (κ3) is 3.08. The van der Waals surface area contributed by atoms with Crippen molar-refractivity contribution in [3.05, 3.63) is 81.9 Å². The predicted octanol–water partition coefficient (Wildman–Crippen LogP) is 4.13. The van der Waals surface area contributed by atoms with E-state index in [9.17, 15) is 9.59 Å². The van der Waals surface area contributed by atoms with E-state index in [0.29, 0.717) is 5.56 Å². The normalized spacial score (nSPS) is 12.0. The molecule has 0 radical (unpaired) electrons. The minimum atomic E-state index is -0.374. The third-order valence-electron chi connectivity index (χ3n) is 4.69. The Labute approximate surface area is 152 Å². The van der Waals surface area contributed by atoms with Gasteiger partial charge in [0.15, 0.2) is 5.78 Å². The number of aromatic nitrogens is 2. The molecule has 1 unspecified atom stereocenters. The molecule has 1 aromatic carbocycles. The van der Waals surface area contributed by atoms with Gasteiger partial charge in [-0.2, -0.15) is 0 Å². The van der Waals surface area contributed by atoms with Crippen LogP contribution in [0.2, 0.25) is 0 Å².